The maximum absolute atomic E-state index is 12.5. The van der Waals surface area contributed by atoms with Gasteiger partial charge in [-0.2, -0.15) is 0 Å². The van der Waals surface area contributed by atoms with Crippen LogP contribution in [0.2, 0.25) is 5.15 Å². The van der Waals surface area contributed by atoms with Crippen molar-refractivity contribution in [2.45, 2.75) is 43.7 Å². The number of rotatable bonds is 4. The highest BCUT2D eigenvalue weighted by Gasteiger charge is 2.30. The number of aromatic nitrogens is 2. The molecule has 1 atom stereocenters. The van der Waals surface area contributed by atoms with Crippen molar-refractivity contribution < 1.29 is 8.42 Å². The normalized spacial score (nSPS) is 18.9. The number of nitrogens with one attached hydrogen (secondary N) is 1. The van der Waals surface area contributed by atoms with Gasteiger partial charge in [-0.25, -0.2) is 18.1 Å². The van der Waals surface area contributed by atoms with Crippen LogP contribution in [0, 0.1) is 5.92 Å². The Morgan fingerprint density at radius 3 is 2.90 bits per heavy atom. The summed E-state index contributed by atoms with van der Waals surface area (Å²) in [7, 11) is -3.66. The van der Waals surface area contributed by atoms with Crippen LogP contribution in [0.3, 0.4) is 0 Å². The molecule has 0 aromatic carbocycles. The summed E-state index contributed by atoms with van der Waals surface area (Å²) >= 11 is 7.35. The van der Waals surface area contributed by atoms with Crippen molar-refractivity contribution in [1.82, 2.24) is 14.1 Å². The maximum atomic E-state index is 12.5. The van der Waals surface area contributed by atoms with Crippen molar-refractivity contribution in [2.24, 2.45) is 5.92 Å². The fraction of sp³-hybridized carbons (Fsp3) is 0.583. The molecule has 0 bridgehead atoms. The predicted octanol–water partition coefficient (Wildman–Crippen LogP) is 2.91. The first-order valence-electron chi connectivity index (χ1n) is 6.62. The van der Waals surface area contributed by atoms with Gasteiger partial charge in [0.25, 0.3) is 10.0 Å². The second-order valence-electron chi connectivity index (χ2n) is 5.22. The van der Waals surface area contributed by atoms with E-state index in [1.54, 1.807) is 11.6 Å². The fourth-order valence-corrected chi connectivity index (χ4v) is 5.60. The molecule has 0 saturated heterocycles. The zero-order valence-corrected chi connectivity index (χ0v) is 13.4. The van der Waals surface area contributed by atoms with Crippen molar-refractivity contribution in [3.63, 3.8) is 0 Å². The van der Waals surface area contributed by atoms with Gasteiger partial charge >= 0.3 is 0 Å². The Kier molecular flexibility index (Phi) is 3.79. The molecule has 2 aromatic heterocycles. The minimum Gasteiger partial charge on any atom is -0.279 e. The Bertz CT molecular complexity index is 716. The van der Waals surface area contributed by atoms with Gasteiger partial charge in [0.2, 0.25) is 0 Å². The van der Waals surface area contributed by atoms with E-state index in [0.29, 0.717) is 10.9 Å². The number of hydrogen-bond acceptors (Lipinski definition) is 4. The van der Waals surface area contributed by atoms with Crippen LogP contribution in [-0.4, -0.2) is 23.8 Å². The summed E-state index contributed by atoms with van der Waals surface area (Å²) in [5, 5.41) is 1.86. The van der Waals surface area contributed by atoms with Crippen LogP contribution in [0.15, 0.2) is 16.6 Å². The van der Waals surface area contributed by atoms with Gasteiger partial charge in [-0.15, -0.1) is 11.3 Å². The van der Waals surface area contributed by atoms with Crippen LogP contribution < -0.4 is 4.72 Å². The summed E-state index contributed by atoms with van der Waals surface area (Å²) in [4.78, 5) is 4.66. The van der Waals surface area contributed by atoms with E-state index in [1.807, 2.05) is 6.92 Å². The highest BCUT2D eigenvalue weighted by molar-refractivity contribution is 7.89. The largest absolute Gasteiger partial charge is 0.279 e. The van der Waals surface area contributed by atoms with Crippen molar-refractivity contribution in [1.29, 1.82) is 0 Å². The van der Waals surface area contributed by atoms with Crippen LogP contribution in [0.1, 0.15) is 32.6 Å². The molecule has 2 heterocycles. The van der Waals surface area contributed by atoms with Crippen molar-refractivity contribution in [3.8, 4) is 0 Å². The van der Waals surface area contributed by atoms with Crippen molar-refractivity contribution >= 4 is 37.9 Å². The minimum absolute atomic E-state index is 0.0305. The maximum Gasteiger partial charge on any atom is 0.260 e. The average molecular weight is 334 g/mol. The lowest BCUT2D eigenvalue weighted by Crippen LogP contribution is -2.37. The lowest BCUT2D eigenvalue weighted by atomic mass is 10.0. The molecule has 5 nitrogen and oxygen atoms in total. The van der Waals surface area contributed by atoms with Gasteiger partial charge in [-0.3, -0.25) is 4.40 Å². The molecule has 1 N–H and O–H groups in total. The lowest BCUT2D eigenvalue weighted by molar-refractivity contribution is 0.423. The smallest absolute Gasteiger partial charge is 0.260 e. The average Bonchev–Trinajstić information content (AvgIpc) is 3.01. The van der Waals surface area contributed by atoms with Gasteiger partial charge in [0.1, 0.15) is 0 Å². The Balaban J connectivity index is 1.91. The first kappa shape index (κ1) is 14.3. The molecular weight excluding hydrogens is 318 g/mol. The van der Waals surface area contributed by atoms with Crippen molar-refractivity contribution in [3.05, 3.63) is 16.7 Å². The SMILES string of the molecule is CC(NS(=O)(=O)c1c(Cl)nc2sccn12)C1CCCC1. The monoisotopic (exact) mass is 333 g/mol. The highest BCUT2D eigenvalue weighted by atomic mass is 35.5. The first-order chi connectivity index (χ1) is 9.49. The number of nitrogens with zero attached hydrogens (tertiary/aromatic N) is 2. The van der Waals surface area contributed by atoms with E-state index in [9.17, 15) is 8.42 Å². The molecular formula is C12H16ClN3O2S2. The third kappa shape index (κ3) is 2.47. The van der Waals surface area contributed by atoms with Crippen LogP contribution >= 0.6 is 22.9 Å². The zero-order valence-electron chi connectivity index (χ0n) is 11.0. The van der Waals surface area contributed by atoms with Gasteiger partial charge in [0.05, 0.1) is 0 Å². The van der Waals surface area contributed by atoms with E-state index in [1.165, 1.54) is 28.6 Å². The minimum atomic E-state index is -3.66. The molecule has 0 amide bonds. The summed E-state index contributed by atoms with van der Waals surface area (Å²) in [6.45, 7) is 1.92. The van der Waals surface area contributed by atoms with Crippen LogP contribution in [0.25, 0.3) is 4.96 Å². The quantitative estimate of drug-likeness (QED) is 0.935. The van der Waals surface area contributed by atoms with Gasteiger partial charge in [0.15, 0.2) is 15.1 Å². The second-order valence-corrected chi connectivity index (χ2v) is 8.08. The number of halogens is 1. The summed E-state index contributed by atoms with van der Waals surface area (Å²) < 4.78 is 29.4. The highest BCUT2D eigenvalue weighted by Crippen LogP contribution is 2.30. The standard InChI is InChI=1S/C12H16ClN3O2S2/c1-8(9-4-2-3-5-9)15-20(17,18)11-10(13)14-12-16(11)6-7-19-12/h6-9,15H,2-5H2,1H3. The van der Waals surface area contributed by atoms with Crippen LogP contribution in [0.4, 0.5) is 0 Å². The molecule has 20 heavy (non-hydrogen) atoms. The molecule has 0 aliphatic heterocycles. The number of thiazole rings is 1. The third-order valence-corrected chi connectivity index (χ3v) is 6.59. The van der Waals surface area contributed by atoms with Gasteiger partial charge in [0, 0.05) is 17.6 Å². The summed E-state index contributed by atoms with van der Waals surface area (Å²) in [6, 6.07) is -0.0808. The number of fused-ring (bicyclic) bond motifs is 1. The molecule has 3 rings (SSSR count). The Morgan fingerprint density at radius 2 is 2.20 bits per heavy atom. The molecule has 110 valence electrons. The zero-order chi connectivity index (χ0) is 14.3. The molecule has 1 fully saturated rings. The fourth-order valence-electron chi connectivity index (χ4n) is 2.83. The van der Waals surface area contributed by atoms with Gasteiger partial charge < -0.3 is 0 Å². The van der Waals surface area contributed by atoms with E-state index in [0.717, 1.165) is 12.8 Å². The number of hydrogen-bond donors (Lipinski definition) is 1. The summed E-state index contributed by atoms with van der Waals surface area (Å²) in [5.41, 5.74) is 0. The van der Waals surface area contributed by atoms with Gasteiger partial charge in [-0.1, -0.05) is 24.4 Å². The van der Waals surface area contributed by atoms with E-state index >= 15 is 0 Å². The van der Waals surface area contributed by atoms with Crippen molar-refractivity contribution in [2.75, 3.05) is 0 Å². The van der Waals surface area contributed by atoms with E-state index < -0.39 is 10.0 Å². The molecule has 0 radical (unpaired) electrons. The molecule has 0 spiro atoms. The van der Waals surface area contributed by atoms with Gasteiger partial charge in [-0.05, 0) is 25.7 Å². The molecule has 1 unspecified atom stereocenters. The van der Waals surface area contributed by atoms with Crippen LogP contribution in [0.5, 0.6) is 0 Å². The number of sulfonamides is 1. The third-order valence-electron chi connectivity index (χ3n) is 3.88. The van der Waals surface area contributed by atoms with Crippen LogP contribution in [-0.2, 0) is 10.0 Å². The Hall–Kier alpha value is -0.630. The molecule has 1 aliphatic rings. The molecule has 2 aromatic rings. The van der Waals surface area contributed by atoms with E-state index in [-0.39, 0.29) is 16.2 Å². The number of imidazole rings is 1. The van der Waals surface area contributed by atoms with E-state index in [4.69, 9.17) is 11.6 Å². The molecule has 8 heteroatoms. The Labute approximate surface area is 127 Å². The second kappa shape index (κ2) is 5.29. The lowest BCUT2D eigenvalue weighted by Gasteiger charge is -2.20. The molecule has 1 saturated carbocycles. The summed E-state index contributed by atoms with van der Waals surface area (Å²) in [5.74, 6) is 0.412. The Morgan fingerprint density at radius 1 is 1.50 bits per heavy atom. The molecule has 1 aliphatic carbocycles. The first-order valence-corrected chi connectivity index (χ1v) is 9.36. The summed E-state index contributed by atoms with van der Waals surface area (Å²) in [6.07, 6.45) is 6.20. The van der Waals surface area contributed by atoms with E-state index in [2.05, 4.69) is 9.71 Å². The predicted molar refractivity (Wildman–Crippen MR) is 79.8 cm³/mol. The topological polar surface area (TPSA) is 63.5 Å².